The summed E-state index contributed by atoms with van der Waals surface area (Å²) in [5.41, 5.74) is 1.69. The number of allylic oxidation sites excluding steroid dienone is 1. The summed E-state index contributed by atoms with van der Waals surface area (Å²) in [7, 11) is 3.55. The van der Waals surface area contributed by atoms with Crippen LogP contribution in [0.5, 0.6) is 0 Å². The van der Waals surface area contributed by atoms with Gasteiger partial charge in [-0.2, -0.15) is 4.98 Å². The van der Waals surface area contributed by atoms with Gasteiger partial charge in [-0.25, -0.2) is 18.2 Å². The first-order chi connectivity index (χ1) is 17.1. The smallest absolute Gasteiger partial charge is 0.298 e. The predicted molar refractivity (Wildman–Crippen MR) is 131 cm³/mol. The minimum atomic E-state index is -3.16. The number of rotatable bonds is 6. The maximum atomic E-state index is 14.0. The molecule has 36 heavy (non-hydrogen) atoms. The van der Waals surface area contributed by atoms with Crippen molar-refractivity contribution in [2.24, 2.45) is 0 Å². The average molecular weight is 527 g/mol. The SMILES string of the molecule is CN(C)c1ccc(Nc2nc(N3CC(O)CC(F)C3)ncc2Cl)cc1C1=C(C=O)OCC(F)(F)CN1. The first-order valence-corrected chi connectivity index (χ1v) is 11.6. The van der Waals surface area contributed by atoms with Crippen LogP contribution in [-0.4, -0.2) is 79.9 Å². The number of alkyl halides is 3. The van der Waals surface area contributed by atoms with Gasteiger partial charge in [0.25, 0.3) is 5.92 Å². The summed E-state index contributed by atoms with van der Waals surface area (Å²) >= 11 is 6.30. The quantitative estimate of drug-likeness (QED) is 0.490. The molecule has 3 heterocycles. The molecule has 0 amide bonds. The Labute approximate surface area is 210 Å². The second-order valence-electron chi connectivity index (χ2n) is 8.86. The molecule has 194 valence electrons. The molecule has 9 nitrogen and oxygen atoms in total. The number of hydrogen-bond acceptors (Lipinski definition) is 9. The predicted octanol–water partition coefficient (Wildman–Crippen LogP) is 2.97. The molecule has 3 N–H and O–H groups in total. The van der Waals surface area contributed by atoms with E-state index in [2.05, 4.69) is 20.6 Å². The summed E-state index contributed by atoms with van der Waals surface area (Å²) in [6.07, 6.45) is -0.244. The van der Waals surface area contributed by atoms with E-state index in [9.17, 15) is 23.1 Å². The van der Waals surface area contributed by atoms with Crippen LogP contribution in [0.25, 0.3) is 5.70 Å². The highest BCUT2D eigenvalue weighted by atomic mass is 35.5. The number of halogens is 4. The van der Waals surface area contributed by atoms with E-state index < -0.39 is 31.3 Å². The van der Waals surface area contributed by atoms with E-state index in [0.29, 0.717) is 23.2 Å². The highest BCUT2D eigenvalue weighted by molar-refractivity contribution is 6.32. The van der Waals surface area contributed by atoms with Crippen LogP contribution < -0.4 is 20.4 Å². The summed E-state index contributed by atoms with van der Waals surface area (Å²) in [6, 6.07) is 5.11. The van der Waals surface area contributed by atoms with Crippen molar-refractivity contribution in [1.29, 1.82) is 0 Å². The third-order valence-corrected chi connectivity index (χ3v) is 5.99. The lowest BCUT2D eigenvalue weighted by Gasteiger charge is -2.32. The van der Waals surface area contributed by atoms with Gasteiger partial charge >= 0.3 is 0 Å². The maximum absolute atomic E-state index is 14.0. The third-order valence-electron chi connectivity index (χ3n) is 5.72. The zero-order chi connectivity index (χ0) is 26.0. The number of nitrogens with zero attached hydrogens (tertiary/aromatic N) is 4. The lowest BCUT2D eigenvalue weighted by atomic mass is 10.1. The molecule has 2 atom stereocenters. The van der Waals surface area contributed by atoms with Gasteiger partial charge in [0.15, 0.2) is 24.5 Å². The number of aliphatic hydroxyl groups excluding tert-OH is 1. The molecule has 2 aliphatic heterocycles. The molecule has 2 aliphatic rings. The van der Waals surface area contributed by atoms with Gasteiger partial charge in [0.1, 0.15) is 11.2 Å². The van der Waals surface area contributed by atoms with Gasteiger partial charge in [0.2, 0.25) is 5.95 Å². The first kappa shape index (κ1) is 25.8. The van der Waals surface area contributed by atoms with Gasteiger partial charge in [-0.1, -0.05) is 11.6 Å². The number of β-amino-alcohol motifs (C(OH)–C–C–N with tert-alkyl or cyclic N) is 1. The van der Waals surface area contributed by atoms with Crippen LogP contribution in [0.1, 0.15) is 12.0 Å². The molecule has 2 unspecified atom stereocenters. The number of hydrogen-bond donors (Lipinski definition) is 3. The summed E-state index contributed by atoms with van der Waals surface area (Å²) in [4.78, 5) is 23.5. The van der Waals surface area contributed by atoms with Crippen LogP contribution in [0, 0.1) is 0 Å². The Bertz CT molecular complexity index is 1160. The lowest BCUT2D eigenvalue weighted by Crippen LogP contribution is -2.45. The van der Waals surface area contributed by atoms with Crippen LogP contribution >= 0.6 is 11.6 Å². The van der Waals surface area contributed by atoms with Crippen LogP contribution in [0.15, 0.2) is 30.2 Å². The Hall–Kier alpha value is -3.25. The summed E-state index contributed by atoms with van der Waals surface area (Å²) in [6.45, 7) is -1.40. The Morgan fingerprint density at radius 3 is 2.83 bits per heavy atom. The molecule has 0 aliphatic carbocycles. The molecule has 1 aromatic carbocycles. The molecular weight excluding hydrogens is 501 g/mol. The molecule has 4 rings (SSSR count). The van der Waals surface area contributed by atoms with Gasteiger partial charge in [-0.15, -0.1) is 0 Å². The molecule has 0 radical (unpaired) electrons. The van der Waals surface area contributed by atoms with Crippen molar-refractivity contribution in [2.75, 3.05) is 55.5 Å². The number of aromatic nitrogens is 2. The number of ether oxygens (including phenoxy) is 1. The highest BCUT2D eigenvalue weighted by Gasteiger charge is 2.35. The summed E-state index contributed by atoms with van der Waals surface area (Å²) in [5, 5.41) is 15.8. The second-order valence-corrected chi connectivity index (χ2v) is 9.27. The Morgan fingerprint density at radius 2 is 2.14 bits per heavy atom. The van der Waals surface area contributed by atoms with Crippen molar-refractivity contribution >= 4 is 46.7 Å². The fraction of sp³-hybridized carbons (Fsp3) is 0.435. The minimum absolute atomic E-state index is 0.0404. The van der Waals surface area contributed by atoms with Crippen LogP contribution in [0.3, 0.4) is 0 Å². The molecular formula is C23H26ClF3N6O3. The Morgan fingerprint density at radius 1 is 1.36 bits per heavy atom. The molecule has 2 aromatic rings. The molecule has 1 aromatic heterocycles. The van der Waals surface area contributed by atoms with E-state index in [4.69, 9.17) is 16.3 Å². The average Bonchev–Trinajstić information content (AvgIpc) is 2.97. The first-order valence-electron chi connectivity index (χ1n) is 11.2. The normalized spacial score (nSPS) is 21.8. The van der Waals surface area contributed by atoms with E-state index in [1.54, 1.807) is 37.2 Å². The number of carbonyl (C=O) groups excluding carboxylic acids is 1. The summed E-state index contributed by atoms with van der Waals surface area (Å²) < 4.78 is 47.0. The zero-order valence-electron chi connectivity index (χ0n) is 19.6. The molecule has 0 saturated carbocycles. The number of benzene rings is 1. The Kier molecular flexibility index (Phi) is 7.46. The van der Waals surface area contributed by atoms with Crippen LogP contribution in [-0.2, 0) is 9.53 Å². The lowest BCUT2D eigenvalue weighted by molar-refractivity contribution is -0.109. The summed E-state index contributed by atoms with van der Waals surface area (Å²) in [5.74, 6) is -2.98. The second kappa shape index (κ2) is 10.4. The highest BCUT2D eigenvalue weighted by Crippen LogP contribution is 2.34. The van der Waals surface area contributed by atoms with E-state index >= 15 is 0 Å². The number of carbonyl (C=O) groups is 1. The minimum Gasteiger partial charge on any atom is -0.482 e. The number of aldehydes is 1. The van der Waals surface area contributed by atoms with Gasteiger partial charge in [-0.3, -0.25) is 4.79 Å². The van der Waals surface area contributed by atoms with Gasteiger partial charge in [0, 0.05) is 44.0 Å². The standard InChI is InChI=1S/C23H26ClF3N6O3/c1-32(2)18-4-3-14(6-16(18)20-19(10-34)36-12-23(26,27)11-29-20)30-21-17(24)7-28-22(31-21)33-8-13(25)5-15(35)9-33/h3-4,6-7,10,13,15,29,35H,5,8-9,11-12H2,1-2H3,(H,28,30,31). The van der Waals surface area contributed by atoms with E-state index in [1.807, 2.05) is 0 Å². The topological polar surface area (TPSA) is 103 Å². The van der Waals surface area contributed by atoms with Gasteiger partial charge in [-0.05, 0) is 18.2 Å². The van der Waals surface area contributed by atoms with E-state index in [0.717, 1.165) is 0 Å². The third kappa shape index (κ3) is 5.76. The largest absolute Gasteiger partial charge is 0.482 e. The van der Waals surface area contributed by atoms with Crippen molar-refractivity contribution in [2.45, 2.75) is 24.6 Å². The van der Waals surface area contributed by atoms with Crippen molar-refractivity contribution in [3.05, 3.63) is 40.7 Å². The van der Waals surface area contributed by atoms with E-state index in [-0.39, 0.29) is 47.8 Å². The zero-order valence-corrected chi connectivity index (χ0v) is 20.4. The molecule has 0 bridgehead atoms. The van der Waals surface area contributed by atoms with Crippen molar-refractivity contribution < 1.29 is 27.8 Å². The van der Waals surface area contributed by atoms with Crippen LogP contribution in [0.4, 0.5) is 36.3 Å². The van der Waals surface area contributed by atoms with E-state index in [1.165, 1.54) is 11.1 Å². The fourth-order valence-corrected chi connectivity index (χ4v) is 4.18. The molecule has 1 fully saturated rings. The molecule has 0 spiro atoms. The molecule has 13 heteroatoms. The van der Waals surface area contributed by atoms with Crippen LogP contribution in [0.2, 0.25) is 5.02 Å². The van der Waals surface area contributed by atoms with Crippen molar-refractivity contribution in [3.8, 4) is 0 Å². The monoisotopic (exact) mass is 526 g/mol. The van der Waals surface area contributed by atoms with Crippen molar-refractivity contribution in [3.63, 3.8) is 0 Å². The fourth-order valence-electron chi connectivity index (χ4n) is 4.05. The number of piperidine rings is 1. The number of nitrogens with one attached hydrogen (secondary N) is 2. The number of aliphatic hydroxyl groups is 1. The Balaban J connectivity index is 1.68. The van der Waals surface area contributed by atoms with Crippen molar-refractivity contribution in [1.82, 2.24) is 15.3 Å². The molecule has 1 saturated heterocycles. The van der Waals surface area contributed by atoms with Gasteiger partial charge in [0.05, 0.1) is 31.1 Å². The maximum Gasteiger partial charge on any atom is 0.298 e. The number of anilines is 4. The van der Waals surface area contributed by atoms with Gasteiger partial charge < -0.3 is 30.3 Å².